The van der Waals surface area contributed by atoms with Gasteiger partial charge >= 0.3 is 0 Å². The van der Waals surface area contributed by atoms with Crippen molar-refractivity contribution < 1.29 is 9.18 Å². The molecular formula is C21H20ClFN4OS. The largest absolute Gasteiger partial charge is 0.342 e. The minimum Gasteiger partial charge on any atom is -0.342 e. The molecule has 0 saturated carbocycles. The first-order valence-electron chi connectivity index (χ1n) is 8.90. The van der Waals surface area contributed by atoms with Crippen molar-refractivity contribution in [1.82, 2.24) is 20.1 Å². The van der Waals surface area contributed by atoms with Crippen LogP contribution in [0.2, 0.25) is 0 Å². The summed E-state index contributed by atoms with van der Waals surface area (Å²) in [7, 11) is 1.82. The molecule has 0 fully saturated rings. The molecule has 0 aliphatic carbocycles. The summed E-state index contributed by atoms with van der Waals surface area (Å²) in [5.74, 6) is -0.00625. The van der Waals surface area contributed by atoms with Gasteiger partial charge in [0.15, 0.2) is 11.0 Å². The molecule has 1 atom stereocenters. The average molecular weight is 431 g/mol. The van der Waals surface area contributed by atoms with Gasteiger partial charge in [-0.1, -0.05) is 72.4 Å². The van der Waals surface area contributed by atoms with Crippen LogP contribution in [0.15, 0.2) is 71.4 Å². The second-order valence-electron chi connectivity index (χ2n) is 6.40. The fourth-order valence-corrected chi connectivity index (χ4v) is 3.67. The van der Waals surface area contributed by atoms with Crippen molar-refractivity contribution in [2.75, 3.05) is 5.75 Å². The van der Waals surface area contributed by atoms with Crippen LogP contribution in [0, 0.1) is 5.82 Å². The van der Waals surface area contributed by atoms with Crippen molar-refractivity contribution in [2.45, 2.75) is 17.6 Å². The Balaban J connectivity index is 1.88. The summed E-state index contributed by atoms with van der Waals surface area (Å²) in [5.41, 5.74) is 0.999. The third-order valence-electron chi connectivity index (χ3n) is 4.24. The molecule has 0 aliphatic rings. The van der Waals surface area contributed by atoms with E-state index < -0.39 is 17.8 Å². The standard InChI is InChI=1S/C21H20ClFN4OS/c1-14(22)13-29-21-26-25-19(27(21)2)18(12-15-8-4-3-5-9-15)24-20(28)16-10-6-7-11-17(16)23/h3-11,18H,1,12-13H2,2H3,(H,24,28). The van der Waals surface area contributed by atoms with E-state index in [0.717, 1.165) is 5.56 Å². The molecule has 29 heavy (non-hydrogen) atoms. The van der Waals surface area contributed by atoms with Gasteiger partial charge in [-0.15, -0.1) is 10.2 Å². The van der Waals surface area contributed by atoms with Crippen LogP contribution in [0.3, 0.4) is 0 Å². The van der Waals surface area contributed by atoms with Crippen LogP contribution in [-0.4, -0.2) is 26.4 Å². The molecule has 1 unspecified atom stereocenters. The predicted octanol–water partition coefficient (Wildman–Crippen LogP) is 4.51. The van der Waals surface area contributed by atoms with Gasteiger partial charge in [0.1, 0.15) is 5.82 Å². The summed E-state index contributed by atoms with van der Waals surface area (Å²) in [5, 5.41) is 12.5. The van der Waals surface area contributed by atoms with Crippen molar-refractivity contribution in [1.29, 1.82) is 0 Å². The number of hydrogen-bond acceptors (Lipinski definition) is 4. The van der Waals surface area contributed by atoms with Gasteiger partial charge in [0.25, 0.3) is 5.91 Å². The highest BCUT2D eigenvalue weighted by Crippen LogP contribution is 2.24. The summed E-state index contributed by atoms with van der Waals surface area (Å²) in [4.78, 5) is 12.7. The van der Waals surface area contributed by atoms with Gasteiger partial charge in [-0.3, -0.25) is 4.79 Å². The van der Waals surface area contributed by atoms with Crippen molar-refractivity contribution in [3.63, 3.8) is 0 Å². The van der Waals surface area contributed by atoms with Crippen LogP contribution in [-0.2, 0) is 13.5 Å². The van der Waals surface area contributed by atoms with E-state index in [1.165, 1.54) is 23.9 Å². The van der Waals surface area contributed by atoms with E-state index in [4.69, 9.17) is 11.6 Å². The van der Waals surface area contributed by atoms with Gasteiger partial charge in [0, 0.05) is 17.8 Å². The third kappa shape index (κ3) is 5.46. The molecule has 1 aromatic heterocycles. The van der Waals surface area contributed by atoms with E-state index in [9.17, 15) is 9.18 Å². The van der Waals surface area contributed by atoms with Gasteiger partial charge in [-0.25, -0.2) is 4.39 Å². The zero-order valence-electron chi connectivity index (χ0n) is 15.8. The summed E-state index contributed by atoms with van der Waals surface area (Å²) in [6.07, 6.45) is 0.486. The molecule has 8 heteroatoms. The second kappa shape index (κ2) is 9.71. The van der Waals surface area contributed by atoms with Crippen LogP contribution in [0.1, 0.15) is 27.8 Å². The van der Waals surface area contributed by atoms with E-state index in [2.05, 4.69) is 22.1 Å². The maximum absolute atomic E-state index is 14.1. The fraction of sp³-hybridized carbons (Fsp3) is 0.190. The predicted molar refractivity (Wildman–Crippen MR) is 113 cm³/mol. The number of hydrogen-bond donors (Lipinski definition) is 1. The lowest BCUT2D eigenvalue weighted by Gasteiger charge is -2.19. The van der Waals surface area contributed by atoms with Crippen molar-refractivity contribution in [3.05, 3.63) is 89.0 Å². The lowest BCUT2D eigenvalue weighted by molar-refractivity contribution is 0.0930. The monoisotopic (exact) mass is 430 g/mol. The molecule has 3 aromatic rings. The average Bonchev–Trinajstić information content (AvgIpc) is 3.07. The number of nitrogens with zero attached hydrogens (tertiary/aromatic N) is 3. The zero-order chi connectivity index (χ0) is 20.8. The van der Waals surface area contributed by atoms with E-state index in [1.54, 1.807) is 16.7 Å². The van der Waals surface area contributed by atoms with Gasteiger partial charge in [-0.2, -0.15) is 0 Å². The fourth-order valence-electron chi connectivity index (χ4n) is 2.84. The molecule has 5 nitrogen and oxygen atoms in total. The molecule has 1 heterocycles. The Morgan fingerprint density at radius 2 is 1.90 bits per heavy atom. The van der Waals surface area contributed by atoms with Crippen LogP contribution in [0.4, 0.5) is 4.39 Å². The number of nitrogens with one attached hydrogen (secondary N) is 1. The Labute approximate surface area is 178 Å². The summed E-state index contributed by atoms with van der Waals surface area (Å²) >= 11 is 7.25. The lowest BCUT2D eigenvalue weighted by Crippen LogP contribution is -2.32. The first-order valence-corrected chi connectivity index (χ1v) is 10.3. The summed E-state index contributed by atoms with van der Waals surface area (Å²) in [6, 6.07) is 15.1. The van der Waals surface area contributed by atoms with Crippen molar-refractivity contribution in [2.24, 2.45) is 7.05 Å². The van der Waals surface area contributed by atoms with Gasteiger partial charge < -0.3 is 9.88 Å². The van der Waals surface area contributed by atoms with Gasteiger partial charge in [-0.05, 0) is 24.1 Å². The smallest absolute Gasteiger partial charge is 0.254 e. The minimum atomic E-state index is -0.571. The van der Waals surface area contributed by atoms with Crippen LogP contribution < -0.4 is 5.32 Å². The quantitative estimate of drug-likeness (QED) is 0.534. The molecule has 0 spiro atoms. The van der Waals surface area contributed by atoms with Crippen molar-refractivity contribution in [3.8, 4) is 0 Å². The lowest BCUT2D eigenvalue weighted by atomic mass is 10.0. The Hall–Kier alpha value is -2.64. The molecule has 1 amide bonds. The maximum Gasteiger partial charge on any atom is 0.254 e. The van der Waals surface area contributed by atoms with E-state index >= 15 is 0 Å². The minimum absolute atomic E-state index is 0.0132. The second-order valence-corrected chi connectivity index (χ2v) is 7.88. The Bertz CT molecular complexity index is 1010. The number of halogens is 2. The first-order chi connectivity index (χ1) is 14.0. The number of thioether (sulfide) groups is 1. The number of carbonyl (C=O) groups excluding carboxylic acids is 1. The zero-order valence-corrected chi connectivity index (χ0v) is 17.4. The normalized spacial score (nSPS) is 11.8. The summed E-state index contributed by atoms with van der Waals surface area (Å²) < 4.78 is 15.9. The van der Waals surface area contributed by atoms with Gasteiger partial charge in [0.05, 0.1) is 11.6 Å². The molecule has 2 aromatic carbocycles. The van der Waals surface area contributed by atoms with Crippen molar-refractivity contribution >= 4 is 29.3 Å². The topological polar surface area (TPSA) is 59.8 Å². The van der Waals surface area contributed by atoms with E-state index in [0.29, 0.717) is 28.2 Å². The number of amides is 1. The summed E-state index contributed by atoms with van der Waals surface area (Å²) in [6.45, 7) is 3.67. The first kappa shape index (κ1) is 21.1. The Kier molecular flexibility index (Phi) is 7.06. The maximum atomic E-state index is 14.1. The third-order valence-corrected chi connectivity index (χ3v) is 5.64. The van der Waals surface area contributed by atoms with Gasteiger partial charge in [0.2, 0.25) is 0 Å². The number of aromatic nitrogens is 3. The molecular weight excluding hydrogens is 411 g/mol. The molecule has 0 radical (unpaired) electrons. The Morgan fingerprint density at radius 3 is 2.59 bits per heavy atom. The highest BCUT2D eigenvalue weighted by atomic mass is 35.5. The number of carbonyl (C=O) groups is 1. The van der Waals surface area contributed by atoms with Crippen LogP contribution in [0.25, 0.3) is 0 Å². The highest BCUT2D eigenvalue weighted by molar-refractivity contribution is 7.99. The molecule has 0 bridgehead atoms. The molecule has 150 valence electrons. The van der Waals surface area contributed by atoms with Crippen LogP contribution in [0.5, 0.6) is 0 Å². The molecule has 3 rings (SSSR count). The molecule has 1 N–H and O–H groups in total. The van der Waals surface area contributed by atoms with E-state index in [-0.39, 0.29) is 5.56 Å². The number of benzene rings is 2. The SMILES string of the molecule is C=C(Cl)CSc1nnc(C(Cc2ccccc2)NC(=O)c2ccccc2F)n1C. The molecule has 0 aliphatic heterocycles. The number of rotatable bonds is 8. The Morgan fingerprint density at radius 1 is 1.21 bits per heavy atom. The van der Waals surface area contributed by atoms with E-state index in [1.807, 2.05) is 37.4 Å². The molecule has 0 saturated heterocycles. The van der Waals surface area contributed by atoms with Crippen LogP contribution >= 0.6 is 23.4 Å². The highest BCUT2D eigenvalue weighted by Gasteiger charge is 2.24.